The van der Waals surface area contributed by atoms with Crippen LogP contribution in [0.25, 0.3) is 0 Å². The minimum absolute atomic E-state index is 0.143. The van der Waals surface area contributed by atoms with Gasteiger partial charge in [-0.05, 0) is 38.6 Å². The molecule has 1 heterocycles. The third-order valence-corrected chi connectivity index (χ3v) is 4.10. The van der Waals surface area contributed by atoms with Crippen molar-refractivity contribution in [3.63, 3.8) is 0 Å². The number of carboxylic acids is 1. The lowest BCUT2D eigenvalue weighted by atomic mass is 9.75. The first-order valence-corrected chi connectivity index (χ1v) is 7.27. The third-order valence-electron chi connectivity index (χ3n) is 4.10. The molecule has 3 N–H and O–H groups in total. The van der Waals surface area contributed by atoms with Crippen molar-refractivity contribution in [2.45, 2.75) is 51.9 Å². The molecular formula is C14H26N2O3. The normalized spacial score (nSPS) is 18.3. The molecule has 1 fully saturated rings. The van der Waals surface area contributed by atoms with Gasteiger partial charge in [-0.3, -0.25) is 9.59 Å². The second-order valence-electron chi connectivity index (χ2n) is 5.46. The van der Waals surface area contributed by atoms with Gasteiger partial charge in [0.2, 0.25) is 5.91 Å². The van der Waals surface area contributed by atoms with Crippen molar-refractivity contribution < 1.29 is 14.7 Å². The second kappa shape index (κ2) is 7.48. The van der Waals surface area contributed by atoms with Gasteiger partial charge < -0.3 is 15.7 Å². The molecule has 0 radical (unpaired) electrons. The van der Waals surface area contributed by atoms with Crippen LogP contribution in [-0.2, 0) is 9.59 Å². The quantitative estimate of drug-likeness (QED) is 0.688. The largest absolute Gasteiger partial charge is 0.481 e. The van der Waals surface area contributed by atoms with Gasteiger partial charge in [-0.2, -0.15) is 0 Å². The van der Waals surface area contributed by atoms with Gasteiger partial charge in [-0.25, -0.2) is 0 Å². The van der Waals surface area contributed by atoms with Crippen LogP contribution >= 0.6 is 0 Å². The number of amides is 1. The molecule has 1 aliphatic heterocycles. The first-order chi connectivity index (χ1) is 9.05. The fourth-order valence-corrected chi connectivity index (χ4v) is 2.81. The van der Waals surface area contributed by atoms with Crippen LogP contribution in [0.5, 0.6) is 0 Å². The molecule has 5 heteroatoms. The zero-order chi connectivity index (χ0) is 14.3. The highest BCUT2D eigenvalue weighted by Crippen LogP contribution is 2.36. The second-order valence-corrected chi connectivity index (χ2v) is 5.46. The Bertz CT molecular complexity index is 310. The minimum atomic E-state index is -0.704. The van der Waals surface area contributed by atoms with Crippen LogP contribution in [0, 0.1) is 5.41 Å². The first kappa shape index (κ1) is 16.0. The van der Waals surface area contributed by atoms with Crippen molar-refractivity contribution in [2.24, 2.45) is 11.1 Å². The maximum absolute atomic E-state index is 11.9. The Hall–Kier alpha value is -1.10. The van der Waals surface area contributed by atoms with Crippen LogP contribution in [-0.4, -0.2) is 41.5 Å². The van der Waals surface area contributed by atoms with Gasteiger partial charge in [0.25, 0.3) is 0 Å². The van der Waals surface area contributed by atoms with E-state index < -0.39 is 11.4 Å². The summed E-state index contributed by atoms with van der Waals surface area (Å²) in [4.78, 5) is 25.2. The summed E-state index contributed by atoms with van der Waals surface area (Å²) in [5, 5.41) is 9.40. The average Bonchev–Trinajstić information content (AvgIpc) is 2.40. The molecule has 0 aromatic carbocycles. The molecule has 1 rings (SSSR count). The van der Waals surface area contributed by atoms with Crippen LogP contribution in [0.4, 0.5) is 0 Å². The van der Waals surface area contributed by atoms with Crippen LogP contribution in [0.15, 0.2) is 0 Å². The summed E-state index contributed by atoms with van der Waals surface area (Å²) in [6, 6.07) is 0. The minimum Gasteiger partial charge on any atom is -0.481 e. The standard InChI is InChI=1S/C14H26N2O3/c1-2-6-14(13(18)19)7-10-16(11-8-14)12(17)5-3-4-9-15/h2-11,15H2,1H3,(H,18,19). The lowest BCUT2D eigenvalue weighted by Gasteiger charge is -2.39. The van der Waals surface area contributed by atoms with Crippen LogP contribution < -0.4 is 5.73 Å². The van der Waals surface area contributed by atoms with E-state index in [0.717, 1.165) is 19.3 Å². The van der Waals surface area contributed by atoms with E-state index in [2.05, 4.69) is 0 Å². The molecular weight excluding hydrogens is 244 g/mol. The number of likely N-dealkylation sites (tertiary alicyclic amines) is 1. The Balaban J connectivity index is 2.46. The van der Waals surface area contributed by atoms with Gasteiger partial charge in [-0.15, -0.1) is 0 Å². The average molecular weight is 270 g/mol. The highest BCUT2D eigenvalue weighted by Gasteiger charge is 2.41. The molecule has 0 bridgehead atoms. The molecule has 0 saturated carbocycles. The molecule has 5 nitrogen and oxygen atoms in total. The van der Waals surface area contributed by atoms with E-state index in [9.17, 15) is 14.7 Å². The monoisotopic (exact) mass is 270 g/mol. The Labute approximate surface area is 115 Å². The number of hydrogen-bond acceptors (Lipinski definition) is 3. The summed E-state index contributed by atoms with van der Waals surface area (Å²) in [6.45, 7) is 3.78. The molecule has 19 heavy (non-hydrogen) atoms. The van der Waals surface area contributed by atoms with E-state index >= 15 is 0 Å². The SMILES string of the molecule is CCCC1(C(=O)O)CCN(C(=O)CCCCN)CC1. The van der Waals surface area contributed by atoms with Gasteiger partial charge in [-0.1, -0.05) is 13.3 Å². The predicted molar refractivity (Wildman–Crippen MR) is 73.7 cm³/mol. The van der Waals surface area contributed by atoms with E-state index in [4.69, 9.17) is 5.73 Å². The molecule has 1 amide bonds. The molecule has 0 aliphatic carbocycles. The van der Waals surface area contributed by atoms with E-state index in [0.29, 0.717) is 45.3 Å². The summed E-state index contributed by atoms with van der Waals surface area (Å²) in [6.07, 6.45) is 4.97. The van der Waals surface area contributed by atoms with Crippen molar-refractivity contribution in [2.75, 3.05) is 19.6 Å². The Morgan fingerprint density at radius 2 is 1.89 bits per heavy atom. The molecule has 110 valence electrons. The summed E-state index contributed by atoms with van der Waals surface area (Å²) in [7, 11) is 0. The van der Waals surface area contributed by atoms with Crippen LogP contribution in [0.2, 0.25) is 0 Å². The Morgan fingerprint density at radius 3 is 2.37 bits per heavy atom. The fourth-order valence-electron chi connectivity index (χ4n) is 2.81. The van der Waals surface area contributed by atoms with E-state index in [1.807, 2.05) is 11.8 Å². The van der Waals surface area contributed by atoms with Gasteiger partial charge in [0.05, 0.1) is 5.41 Å². The lowest BCUT2D eigenvalue weighted by molar-refractivity contribution is -0.155. The van der Waals surface area contributed by atoms with E-state index in [1.54, 1.807) is 0 Å². The Kier molecular flexibility index (Phi) is 6.28. The predicted octanol–water partition coefficient (Wildman–Crippen LogP) is 1.61. The van der Waals surface area contributed by atoms with E-state index in [1.165, 1.54) is 0 Å². The number of carbonyl (C=O) groups is 2. The summed E-state index contributed by atoms with van der Waals surface area (Å²) < 4.78 is 0. The van der Waals surface area contributed by atoms with Gasteiger partial charge in [0.15, 0.2) is 0 Å². The Morgan fingerprint density at radius 1 is 1.26 bits per heavy atom. The zero-order valence-corrected chi connectivity index (χ0v) is 11.9. The third kappa shape index (κ3) is 4.20. The fraction of sp³-hybridized carbons (Fsp3) is 0.857. The van der Waals surface area contributed by atoms with Crippen molar-refractivity contribution in [1.29, 1.82) is 0 Å². The number of aliphatic carboxylic acids is 1. The maximum atomic E-state index is 11.9. The number of piperidine rings is 1. The van der Waals surface area contributed by atoms with Crippen molar-refractivity contribution in [1.82, 2.24) is 4.90 Å². The van der Waals surface area contributed by atoms with Crippen molar-refractivity contribution in [3.8, 4) is 0 Å². The summed E-state index contributed by atoms with van der Waals surface area (Å²) in [5.41, 5.74) is 4.80. The maximum Gasteiger partial charge on any atom is 0.309 e. The van der Waals surface area contributed by atoms with Gasteiger partial charge in [0, 0.05) is 19.5 Å². The van der Waals surface area contributed by atoms with Gasteiger partial charge >= 0.3 is 5.97 Å². The topological polar surface area (TPSA) is 83.6 Å². The van der Waals surface area contributed by atoms with Gasteiger partial charge in [0.1, 0.15) is 0 Å². The number of carbonyl (C=O) groups excluding carboxylic acids is 1. The van der Waals surface area contributed by atoms with Crippen LogP contribution in [0.3, 0.4) is 0 Å². The molecule has 0 atom stereocenters. The molecule has 0 aromatic heterocycles. The zero-order valence-electron chi connectivity index (χ0n) is 11.9. The number of rotatable bonds is 7. The summed E-state index contributed by atoms with van der Waals surface area (Å²) >= 11 is 0. The highest BCUT2D eigenvalue weighted by molar-refractivity contribution is 5.78. The van der Waals surface area contributed by atoms with Crippen molar-refractivity contribution >= 4 is 11.9 Å². The number of carboxylic acid groups (broad SMARTS) is 1. The smallest absolute Gasteiger partial charge is 0.309 e. The molecule has 0 unspecified atom stereocenters. The number of nitrogens with zero attached hydrogens (tertiary/aromatic N) is 1. The number of hydrogen-bond donors (Lipinski definition) is 2. The number of nitrogens with two attached hydrogens (primary N) is 1. The number of unbranched alkanes of at least 4 members (excludes halogenated alkanes) is 1. The molecule has 0 aromatic rings. The van der Waals surface area contributed by atoms with E-state index in [-0.39, 0.29) is 5.91 Å². The molecule has 0 spiro atoms. The lowest BCUT2D eigenvalue weighted by Crippen LogP contribution is -2.46. The van der Waals surface area contributed by atoms with Crippen LogP contribution in [0.1, 0.15) is 51.9 Å². The van der Waals surface area contributed by atoms with Crippen molar-refractivity contribution in [3.05, 3.63) is 0 Å². The summed E-state index contributed by atoms with van der Waals surface area (Å²) in [5.74, 6) is -0.562. The highest BCUT2D eigenvalue weighted by atomic mass is 16.4. The molecule has 1 saturated heterocycles. The first-order valence-electron chi connectivity index (χ1n) is 7.27. The molecule has 1 aliphatic rings.